The third-order valence-corrected chi connectivity index (χ3v) is 4.44. The van der Waals surface area contributed by atoms with Gasteiger partial charge in [-0.1, -0.05) is 0 Å². The second kappa shape index (κ2) is 6.12. The van der Waals surface area contributed by atoms with Gasteiger partial charge in [0.15, 0.2) is 0 Å². The average molecular weight is 228 g/mol. The van der Waals surface area contributed by atoms with Crippen molar-refractivity contribution in [3.63, 3.8) is 0 Å². The Morgan fingerprint density at radius 2 is 2.13 bits per heavy atom. The summed E-state index contributed by atoms with van der Waals surface area (Å²) in [6.07, 6.45) is 7.88. The van der Waals surface area contributed by atoms with Gasteiger partial charge in [0.1, 0.15) is 0 Å². The van der Waals surface area contributed by atoms with Crippen LogP contribution in [0.5, 0.6) is 0 Å². The number of thioether (sulfide) groups is 1. The average Bonchev–Trinajstić information content (AvgIpc) is 2.71. The van der Waals surface area contributed by atoms with Gasteiger partial charge in [0, 0.05) is 25.7 Å². The normalized spacial score (nSPS) is 28.2. The van der Waals surface area contributed by atoms with Crippen LogP contribution in [-0.4, -0.2) is 60.6 Å². The molecule has 0 aromatic carbocycles. The lowest BCUT2D eigenvalue weighted by Gasteiger charge is -2.37. The predicted molar refractivity (Wildman–Crippen MR) is 68.7 cm³/mol. The Kier molecular flexibility index (Phi) is 4.79. The highest BCUT2D eigenvalue weighted by atomic mass is 32.2. The van der Waals surface area contributed by atoms with Crippen LogP contribution >= 0.6 is 11.8 Å². The van der Waals surface area contributed by atoms with Gasteiger partial charge in [0.25, 0.3) is 0 Å². The minimum absolute atomic E-state index is 0.902. The third-order valence-electron chi connectivity index (χ3n) is 3.74. The summed E-state index contributed by atoms with van der Waals surface area (Å²) in [7, 11) is 0. The first kappa shape index (κ1) is 11.7. The highest BCUT2D eigenvalue weighted by molar-refractivity contribution is 7.98. The van der Waals surface area contributed by atoms with Gasteiger partial charge in [-0.25, -0.2) is 0 Å². The molecule has 0 bridgehead atoms. The summed E-state index contributed by atoms with van der Waals surface area (Å²) in [6.45, 7) is 6.69. The molecule has 0 aliphatic carbocycles. The summed E-state index contributed by atoms with van der Waals surface area (Å²) >= 11 is 1.98. The molecule has 88 valence electrons. The molecule has 0 radical (unpaired) electrons. The maximum absolute atomic E-state index is 2.69. The number of rotatable bonds is 5. The van der Waals surface area contributed by atoms with Crippen molar-refractivity contribution in [2.45, 2.75) is 31.7 Å². The molecule has 2 fully saturated rings. The maximum atomic E-state index is 2.69. The van der Waals surface area contributed by atoms with Crippen LogP contribution in [0, 0.1) is 0 Å². The zero-order chi connectivity index (χ0) is 10.5. The molecule has 0 aromatic heterocycles. The molecule has 2 aliphatic rings. The van der Waals surface area contributed by atoms with E-state index in [1.165, 1.54) is 64.2 Å². The molecule has 2 aliphatic heterocycles. The van der Waals surface area contributed by atoms with Crippen molar-refractivity contribution in [3.05, 3.63) is 0 Å². The second-order valence-corrected chi connectivity index (χ2v) is 5.82. The summed E-state index contributed by atoms with van der Waals surface area (Å²) < 4.78 is 0. The second-order valence-electron chi connectivity index (χ2n) is 4.83. The molecule has 15 heavy (non-hydrogen) atoms. The van der Waals surface area contributed by atoms with Crippen LogP contribution in [0.4, 0.5) is 0 Å². The molecule has 2 rings (SSSR count). The fourth-order valence-corrected chi connectivity index (χ4v) is 3.33. The van der Waals surface area contributed by atoms with Gasteiger partial charge in [-0.3, -0.25) is 4.90 Å². The summed E-state index contributed by atoms with van der Waals surface area (Å²) in [5.41, 5.74) is 0. The van der Waals surface area contributed by atoms with Crippen LogP contribution in [0.2, 0.25) is 0 Å². The molecule has 1 atom stereocenters. The lowest BCUT2D eigenvalue weighted by molar-refractivity contribution is 0.104. The molecule has 2 nitrogen and oxygen atoms in total. The van der Waals surface area contributed by atoms with Crippen molar-refractivity contribution < 1.29 is 0 Å². The smallest absolute Gasteiger partial charge is 0.0224 e. The number of piperazine rings is 1. The lowest BCUT2D eigenvalue weighted by atomic mass is 10.1. The zero-order valence-electron chi connectivity index (χ0n) is 9.95. The molecule has 0 spiro atoms. The lowest BCUT2D eigenvalue weighted by Crippen LogP contribution is -2.50. The number of hydrogen-bond acceptors (Lipinski definition) is 3. The van der Waals surface area contributed by atoms with E-state index >= 15 is 0 Å². The predicted octanol–water partition coefficient (Wildman–Crippen LogP) is 1.91. The fourth-order valence-electron chi connectivity index (χ4n) is 2.84. The highest BCUT2D eigenvalue weighted by Crippen LogP contribution is 2.21. The first-order valence-corrected chi connectivity index (χ1v) is 7.75. The van der Waals surface area contributed by atoms with Gasteiger partial charge < -0.3 is 4.90 Å². The van der Waals surface area contributed by atoms with Gasteiger partial charge in [-0.2, -0.15) is 11.8 Å². The summed E-state index contributed by atoms with van der Waals surface area (Å²) in [5.74, 6) is 1.34. The standard InChI is InChI=1S/C12H24N2S/c1-15-10-3-2-6-13-8-9-14-7-4-5-12(14)11-13/h12H,2-11H2,1H3. The van der Waals surface area contributed by atoms with Crippen molar-refractivity contribution in [1.82, 2.24) is 9.80 Å². The van der Waals surface area contributed by atoms with E-state index in [0.717, 1.165) is 6.04 Å². The van der Waals surface area contributed by atoms with Crippen molar-refractivity contribution in [2.75, 3.05) is 44.7 Å². The van der Waals surface area contributed by atoms with E-state index in [9.17, 15) is 0 Å². The first-order valence-electron chi connectivity index (χ1n) is 6.35. The quantitative estimate of drug-likeness (QED) is 0.664. The van der Waals surface area contributed by atoms with Gasteiger partial charge in [-0.15, -0.1) is 0 Å². The molecular weight excluding hydrogens is 204 g/mol. The fraction of sp³-hybridized carbons (Fsp3) is 1.00. The Morgan fingerprint density at radius 3 is 3.00 bits per heavy atom. The Labute approximate surface area is 98.4 Å². The molecule has 3 heteroatoms. The minimum Gasteiger partial charge on any atom is -0.301 e. The van der Waals surface area contributed by atoms with E-state index in [1.807, 2.05) is 11.8 Å². The van der Waals surface area contributed by atoms with E-state index in [4.69, 9.17) is 0 Å². The van der Waals surface area contributed by atoms with E-state index in [2.05, 4.69) is 16.1 Å². The van der Waals surface area contributed by atoms with Crippen LogP contribution in [0.25, 0.3) is 0 Å². The number of nitrogens with zero attached hydrogens (tertiary/aromatic N) is 2. The van der Waals surface area contributed by atoms with Crippen LogP contribution in [0.3, 0.4) is 0 Å². The molecule has 0 aromatic rings. The monoisotopic (exact) mass is 228 g/mol. The number of fused-ring (bicyclic) bond motifs is 1. The molecular formula is C12H24N2S. The van der Waals surface area contributed by atoms with Crippen molar-refractivity contribution >= 4 is 11.8 Å². The van der Waals surface area contributed by atoms with E-state index < -0.39 is 0 Å². The van der Waals surface area contributed by atoms with Gasteiger partial charge >= 0.3 is 0 Å². The van der Waals surface area contributed by atoms with Gasteiger partial charge in [0.05, 0.1) is 0 Å². The molecule has 2 saturated heterocycles. The maximum Gasteiger partial charge on any atom is 0.0224 e. The van der Waals surface area contributed by atoms with Crippen LogP contribution in [0.15, 0.2) is 0 Å². The van der Waals surface area contributed by atoms with Crippen LogP contribution < -0.4 is 0 Å². The highest BCUT2D eigenvalue weighted by Gasteiger charge is 2.29. The Morgan fingerprint density at radius 1 is 1.20 bits per heavy atom. The van der Waals surface area contributed by atoms with Crippen LogP contribution in [-0.2, 0) is 0 Å². The minimum atomic E-state index is 0.902. The van der Waals surface area contributed by atoms with Crippen LogP contribution in [0.1, 0.15) is 25.7 Å². The topological polar surface area (TPSA) is 6.48 Å². The van der Waals surface area contributed by atoms with E-state index in [-0.39, 0.29) is 0 Å². The van der Waals surface area contributed by atoms with Gasteiger partial charge in [0.2, 0.25) is 0 Å². The Hall–Kier alpha value is 0.270. The van der Waals surface area contributed by atoms with E-state index in [1.54, 1.807) is 0 Å². The number of unbranched alkanes of at least 4 members (excludes halogenated alkanes) is 1. The van der Waals surface area contributed by atoms with Crippen molar-refractivity contribution in [1.29, 1.82) is 0 Å². The molecule has 0 saturated carbocycles. The molecule has 1 unspecified atom stereocenters. The van der Waals surface area contributed by atoms with Crippen molar-refractivity contribution in [3.8, 4) is 0 Å². The zero-order valence-corrected chi connectivity index (χ0v) is 10.8. The largest absolute Gasteiger partial charge is 0.301 e. The molecule has 0 amide bonds. The molecule has 2 heterocycles. The summed E-state index contributed by atoms with van der Waals surface area (Å²) in [5, 5.41) is 0. The summed E-state index contributed by atoms with van der Waals surface area (Å²) in [4.78, 5) is 5.38. The van der Waals surface area contributed by atoms with Gasteiger partial charge in [-0.05, 0) is 50.8 Å². The first-order chi connectivity index (χ1) is 7.40. The third kappa shape index (κ3) is 3.36. The van der Waals surface area contributed by atoms with Crippen molar-refractivity contribution in [2.24, 2.45) is 0 Å². The Bertz CT molecular complexity index is 186. The SMILES string of the molecule is CSCCCCN1CCN2CCCC2C1. The molecule has 0 N–H and O–H groups in total. The number of hydrogen-bond donors (Lipinski definition) is 0. The summed E-state index contributed by atoms with van der Waals surface area (Å²) in [6, 6.07) is 0.902. The van der Waals surface area contributed by atoms with E-state index in [0.29, 0.717) is 0 Å². The Balaban J connectivity index is 1.62.